The number of amides is 2. The monoisotopic (exact) mass is 432 g/mol. The average molecular weight is 434 g/mol. The summed E-state index contributed by atoms with van der Waals surface area (Å²) in [6.07, 6.45) is 1.62. The zero-order valence-electron chi connectivity index (χ0n) is 14.4. The number of benzene rings is 1. The van der Waals surface area contributed by atoms with E-state index < -0.39 is 6.04 Å². The van der Waals surface area contributed by atoms with Gasteiger partial charge in [-0.25, -0.2) is 0 Å². The molecule has 1 aliphatic heterocycles. The molecule has 140 valence electrons. The SMILES string of the molecule is CCCC(N)C(=O)N1CCN(CC(=O)Nc2ccc(Br)cc2)CC1.Cl. The first-order valence-electron chi connectivity index (χ1n) is 8.31. The van der Waals surface area contributed by atoms with Gasteiger partial charge in [0.25, 0.3) is 0 Å². The summed E-state index contributed by atoms with van der Waals surface area (Å²) in [5.74, 6) is -0.0180. The predicted octanol–water partition coefficient (Wildman–Crippen LogP) is 2.08. The molecule has 3 N–H and O–H groups in total. The fraction of sp³-hybridized carbons (Fsp3) is 0.529. The van der Waals surface area contributed by atoms with Gasteiger partial charge in [0.05, 0.1) is 12.6 Å². The van der Waals surface area contributed by atoms with Crippen LogP contribution in [0.5, 0.6) is 0 Å². The van der Waals surface area contributed by atoms with Crippen molar-refractivity contribution >= 4 is 45.8 Å². The molecule has 1 aromatic carbocycles. The number of carbonyl (C=O) groups excluding carboxylic acids is 2. The maximum absolute atomic E-state index is 12.2. The van der Waals surface area contributed by atoms with Crippen molar-refractivity contribution in [3.05, 3.63) is 28.7 Å². The molecule has 1 fully saturated rings. The minimum Gasteiger partial charge on any atom is -0.339 e. The zero-order valence-corrected chi connectivity index (χ0v) is 16.8. The number of piperazine rings is 1. The molecule has 0 aliphatic carbocycles. The molecule has 1 aromatic rings. The molecule has 1 heterocycles. The average Bonchev–Trinajstić information content (AvgIpc) is 2.57. The molecule has 0 aromatic heterocycles. The van der Waals surface area contributed by atoms with E-state index in [-0.39, 0.29) is 24.2 Å². The van der Waals surface area contributed by atoms with E-state index in [2.05, 4.69) is 26.1 Å². The quantitative estimate of drug-likeness (QED) is 0.720. The van der Waals surface area contributed by atoms with Crippen molar-refractivity contribution in [2.24, 2.45) is 5.73 Å². The summed E-state index contributed by atoms with van der Waals surface area (Å²) in [7, 11) is 0. The van der Waals surface area contributed by atoms with Crippen LogP contribution in [0.2, 0.25) is 0 Å². The van der Waals surface area contributed by atoms with Crippen LogP contribution in [0.1, 0.15) is 19.8 Å². The van der Waals surface area contributed by atoms with Crippen LogP contribution in [0.4, 0.5) is 5.69 Å². The Hall–Kier alpha value is -1.15. The Morgan fingerprint density at radius 2 is 1.80 bits per heavy atom. The number of nitrogens with zero attached hydrogens (tertiary/aromatic N) is 2. The van der Waals surface area contributed by atoms with Gasteiger partial charge in [-0.3, -0.25) is 14.5 Å². The smallest absolute Gasteiger partial charge is 0.239 e. The van der Waals surface area contributed by atoms with Gasteiger partial charge >= 0.3 is 0 Å². The van der Waals surface area contributed by atoms with Crippen LogP contribution in [-0.4, -0.2) is 60.4 Å². The lowest BCUT2D eigenvalue weighted by atomic mass is 10.1. The normalized spacial score (nSPS) is 16.0. The fourth-order valence-corrected chi connectivity index (χ4v) is 3.00. The second kappa shape index (κ2) is 10.8. The maximum Gasteiger partial charge on any atom is 0.239 e. The van der Waals surface area contributed by atoms with E-state index in [0.717, 1.165) is 16.6 Å². The third-order valence-corrected chi connectivity index (χ3v) is 4.62. The molecule has 0 saturated carbocycles. The molecule has 8 heteroatoms. The molecule has 6 nitrogen and oxygen atoms in total. The summed E-state index contributed by atoms with van der Waals surface area (Å²) >= 11 is 3.37. The fourth-order valence-electron chi connectivity index (χ4n) is 2.73. The van der Waals surface area contributed by atoms with E-state index in [4.69, 9.17) is 5.73 Å². The molecule has 2 amide bonds. The van der Waals surface area contributed by atoms with E-state index >= 15 is 0 Å². The van der Waals surface area contributed by atoms with Gasteiger partial charge in [0.15, 0.2) is 0 Å². The Balaban J connectivity index is 0.00000312. The number of halogens is 2. The summed E-state index contributed by atoms with van der Waals surface area (Å²) < 4.78 is 0.975. The van der Waals surface area contributed by atoms with Crippen LogP contribution < -0.4 is 11.1 Å². The van der Waals surface area contributed by atoms with E-state index in [1.807, 2.05) is 36.1 Å². The topological polar surface area (TPSA) is 78.7 Å². The van der Waals surface area contributed by atoms with Gasteiger partial charge in [-0.1, -0.05) is 29.3 Å². The molecule has 2 rings (SSSR count). The highest BCUT2D eigenvalue weighted by atomic mass is 79.9. The van der Waals surface area contributed by atoms with Crippen molar-refractivity contribution in [3.8, 4) is 0 Å². The number of anilines is 1. The minimum atomic E-state index is -0.401. The lowest BCUT2D eigenvalue weighted by molar-refractivity contribution is -0.134. The van der Waals surface area contributed by atoms with Crippen LogP contribution >= 0.6 is 28.3 Å². The Bertz CT molecular complexity index is 562. The van der Waals surface area contributed by atoms with Crippen LogP contribution in [0, 0.1) is 0 Å². The standard InChI is InChI=1S/C17H25BrN4O2.ClH/c1-2-3-15(19)17(24)22-10-8-21(9-11-22)12-16(23)20-14-6-4-13(18)5-7-14;/h4-7,15H,2-3,8-12,19H2,1H3,(H,20,23);1H. The van der Waals surface area contributed by atoms with E-state index in [1.54, 1.807) is 0 Å². The molecular weight excluding hydrogens is 408 g/mol. The highest BCUT2D eigenvalue weighted by Crippen LogP contribution is 2.14. The van der Waals surface area contributed by atoms with E-state index in [9.17, 15) is 9.59 Å². The van der Waals surface area contributed by atoms with E-state index in [1.165, 1.54) is 0 Å². The lowest BCUT2D eigenvalue weighted by Gasteiger charge is -2.35. The molecule has 25 heavy (non-hydrogen) atoms. The molecule has 0 bridgehead atoms. The third-order valence-electron chi connectivity index (χ3n) is 4.10. The van der Waals surface area contributed by atoms with Crippen LogP contribution in [-0.2, 0) is 9.59 Å². The summed E-state index contributed by atoms with van der Waals surface area (Å²) in [5.41, 5.74) is 6.68. The highest BCUT2D eigenvalue weighted by Gasteiger charge is 2.25. The van der Waals surface area contributed by atoms with Crippen molar-refractivity contribution < 1.29 is 9.59 Å². The van der Waals surface area contributed by atoms with E-state index in [0.29, 0.717) is 39.1 Å². The number of nitrogens with two attached hydrogens (primary N) is 1. The third kappa shape index (κ3) is 6.93. The first-order valence-corrected chi connectivity index (χ1v) is 9.11. The van der Waals surface area contributed by atoms with Crippen molar-refractivity contribution in [1.82, 2.24) is 9.80 Å². The molecule has 1 aliphatic rings. The van der Waals surface area contributed by atoms with Gasteiger partial charge < -0.3 is 16.0 Å². The predicted molar refractivity (Wildman–Crippen MR) is 106 cm³/mol. The number of hydrogen-bond acceptors (Lipinski definition) is 4. The number of carbonyl (C=O) groups is 2. The van der Waals surface area contributed by atoms with Gasteiger partial charge in [-0.15, -0.1) is 12.4 Å². The first-order chi connectivity index (χ1) is 11.5. The largest absolute Gasteiger partial charge is 0.339 e. The van der Waals surface area contributed by atoms with Crippen LogP contribution in [0.15, 0.2) is 28.7 Å². The Labute approximate surface area is 163 Å². The minimum absolute atomic E-state index is 0. The van der Waals surface area contributed by atoms with Gasteiger partial charge in [-0.05, 0) is 30.7 Å². The molecule has 1 atom stereocenters. The van der Waals surface area contributed by atoms with Gasteiger partial charge in [0.2, 0.25) is 11.8 Å². The van der Waals surface area contributed by atoms with Crippen molar-refractivity contribution in [2.75, 3.05) is 38.0 Å². The molecule has 0 radical (unpaired) electrons. The lowest BCUT2D eigenvalue weighted by Crippen LogP contribution is -2.54. The first kappa shape index (κ1) is 21.9. The Kier molecular flexibility index (Phi) is 9.42. The van der Waals surface area contributed by atoms with Crippen LogP contribution in [0.3, 0.4) is 0 Å². The zero-order chi connectivity index (χ0) is 17.5. The molecule has 1 saturated heterocycles. The molecular formula is C17H26BrClN4O2. The highest BCUT2D eigenvalue weighted by molar-refractivity contribution is 9.10. The summed E-state index contributed by atoms with van der Waals surface area (Å²) in [6.45, 7) is 4.99. The summed E-state index contributed by atoms with van der Waals surface area (Å²) in [4.78, 5) is 28.2. The van der Waals surface area contributed by atoms with Gasteiger partial charge in [0.1, 0.15) is 0 Å². The van der Waals surface area contributed by atoms with Gasteiger partial charge in [-0.2, -0.15) is 0 Å². The number of hydrogen-bond donors (Lipinski definition) is 2. The number of nitrogens with one attached hydrogen (secondary N) is 1. The van der Waals surface area contributed by atoms with Crippen LogP contribution in [0.25, 0.3) is 0 Å². The summed E-state index contributed by atoms with van der Waals surface area (Å²) in [5, 5.41) is 2.88. The summed E-state index contributed by atoms with van der Waals surface area (Å²) in [6, 6.07) is 7.09. The molecule has 1 unspecified atom stereocenters. The van der Waals surface area contributed by atoms with Crippen molar-refractivity contribution in [1.29, 1.82) is 0 Å². The second-order valence-corrected chi connectivity index (χ2v) is 6.97. The van der Waals surface area contributed by atoms with Crippen molar-refractivity contribution in [2.45, 2.75) is 25.8 Å². The second-order valence-electron chi connectivity index (χ2n) is 6.05. The Morgan fingerprint density at radius 1 is 1.20 bits per heavy atom. The number of rotatable bonds is 6. The maximum atomic E-state index is 12.2. The van der Waals surface area contributed by atoms with Gasteiger partial charge in [0, 0.05) is 36.3 Å². The van der Waals surface area contributed by atoms with Crippen molar-refractivity contribution in [3.63, 3.8) is 0 Å². The Morgan fingerprint density at radius 3 is 2.36 bits per heavy atom. The molecule has 0 spiro atoms.